The molecule has 0 aliphatic rings. The number of benzene rings is 2. The summed E-state index contributed by atoms with van der Waals surface area (Å²) in [6, 6.07) is 8.48. The van der Waals surface area contributed by atoms with Crippen molar-refractivity contribution in [1.29, 1.82) is 0 Å². The minimum absolute atomic E-state index is 0.0216. The number of rotatable bonds is 7. The zero-order chi connectivity index (χ0) is 22.7. The summed E-state index contributed by atoms with van der Waals surface area (Å²) in [4.78, 5) is 28.8. The molecule has 3 aromatic rings. The maximum Gasteiger partial charge on any atom is 0.341 e. The molecule has 0 radical (unpaired) electrons. The van der Waals surface area contributed by atoms with Crippen molar-refractivity contribution in [2.45, 2.75) is 26.2 Å². The normalized spacial score (nSPS) is 12.4. The van der Waals surface area contributed by atoms with E-state index in [0.717, 1.165) is 10.9 Å². The molecule has 2 aromatic carbocycles. The number of carboxylic acid groups (broad SMARTS) is 1. The van der Waals surface area contributed by atoms with Crippen LogP contribution in [0.5, 0.6) is 5.75 Å². The van der Waals surface area contributed by atoms with Crippen LogP contribution in [0.1, 0.15) is 37.6 Å². The van der Waals surface area contributed by atoms with Crippen LogP contribution >= 0.6 is 43.5 Å². The summed E-state index contributed by atoms with van der Waals surface area (Å²) in [5, 5.41) is 14.2. The summed E-state index contributed by atoms with van der Waals surface area (Å²) in [5.41, 5.74) is 0.690. The molecule has 0 saturated carbocycles. The first-order chi connectivity index (χ1) is 14.7. The first-order valence-electron chi connectivity index (χ1n) is 9.31. The van der Waals surface area contributed by atoms with Gasteiger partial charge in [-0.05, 0) is 52.7 Å². The van der Waals surface area contributed by atoms with E-state index in [1.165, 1.54) is 10.9 Å². The fraction of sp³-hybridized carbons (Fsp3) is 0.238. The maximum absolute atomic E-state index is 13.2. The molecule has 1 aromatic heterocycles. The highest BCUT2D eigenvalue weighted by atomic mass is 79.9. The van der Waals surface area contributed by atoms with Crippen LogP contribution in [0.3, 0.4) is 0 Å². The summed E-state index contributed by atoms with van der Waals surface area (Å²) in [7, 11) is 0. The molecule has 162 valence electrons. The van der Waals surface area contributed by atoms with Crippen LogP contribution in [-0.4, -0.2) is 33.6 Å². The number of halogens is 3. The Morgan fingerprint density at radius 2 is 2.10 bits per heavy atom. The van der Waals surface area contributed by atoms with Crippen molar-refractivity contribution in [1.82, 2.24) is 9.66 Å². The van der Waals surface area contributed by atoms with Crippen molar-refractivity contribution in [2.75, 3.05) is 6.61 Å². The summed E-state index contributed by atoms with van der Waals surface area (Å²) >= 11 is 12.9. The van der Waals surface area contributed by atoms with Crippen molar-refractivity contribution in [3.63, 3.8) is 0 Å². The van der Waals surface area contributed by atoms with Gasteiger partial charge in [-0.15, -0.1) is 0 Å². The van der Waals surface area contributed by atoms with Crippen molar-refractivity contribution in [3.05, 3.63) is 66.0 Å². The first kappa shape index (κ1) is 23.4. The van der Waals surface area contributed by atoms with Crippen molar-refractivity contribution >= 4 is 66.5 Å². The van der Waals surface area contributed by atoms with Crippen molar-refractivity contribution in [3.8, 4) is 5.75 Å². The lowest BCUT2D eigenvalue weighted by Crippen LogP contribution is -2.23. The van der Waals surface area contributed by atoms with Gasteiger partial charge in [-0.25, -0.2) is 9.78 Å². The lowest BCUT2D eigenvalue weighted by molar-refractivity contribution is -0.139. The van der Waals surface area contributed by atoms with Gasteiger partial charge in [0.05, 0.1) is 21.6 Å². The fourth-order valence-electron chi connectivity index (χ4n) is 2.86. The molecule has 0 aliphatic heterocycles. The zero-order valence-corrected chi connectivity index (χ0v) is 20.5. The fourth-order valence-corrected chi connectivity index (χ4v) is 4.17. The number of carboxylic acids is 1. The monoisotopic (exact) mass is 569 g/mol. The van der Waals surface area contributed by atoms with Crippen LogP contribution in [0.4, 0.5) is 0 Å². The van der Waals surface area contributed by atoms with Crippen LogP contribution < -0.4 is 10.3 Å². The largest absolute Gasteiger partial charge is 0.480 e. The molecular formula is C21H18Br2ClN3O4. The molecule has 1 atom stereocenters. The van der Waals surface area contributed by atoms with Gasteiger partial charge in [0.15, 0.2) is 6.61 Å². The summed E-state index contributed by atoms with van der Waals surface area (Å²) in [6.07, 6.45) is 2.17. The quantitative estimate of drug-likeness (QED) is 0.382. The Kier molecular flexibility index (Phi) is 7.51. The predicted molar refractivity (Wildman–Crippen MR) is 128 cm³/mol. The highest BCUT2D eigenvalue weighted by Crippen LogP contribution is 2.32. The third-order valence-corrected chi connectivity index (χ3v) is 5.88. The van der Waals surface area contributed by atoms with Gasteiger partial charge in [0, 0.05) is 21.0 Å². The third-order valence-electron chi connectivity index (χ3n) is 4.58. The molecule has 1 heterocycles. The van der Waals surface area contributed by atoms with Gasteiger partial charge >= 0.3 is 5.97 Å². The molecule has 0 spiro atoms. The molecule has 0 saturated heterocycles. The molecule has 7 nitrogen and oxygen atoms in total. The average Bonchev–Trinajstić information content (AvgIpc) is 2.71. The predicted octanol–water partition coefficient (Wildman–Crippen LogP) is 5.43. The molecule has 0 amide bonds. The Hall–Kier alpha value is -2.23. The second-order valence-electron chi connectivity index (χ2n) is 6.79. The van der Waals surface area contributed by atoms with E-state index in [-0.39, 0.29) is 17.2 Å². The number of carbonyl (C=O) groups is 1. The molecule has 0 fully saturated rings. The Labute approximate surface area is 200 Å². The molecule has 1 N–H and O–H groups in total. The van der Waals surface area contributed by atoms with Gasteiger partial charge in [0.2, 0.25) is 0 Å². The molecule has 10 heteroatoms. The zero-order valence-electron chi connectivity index (χ0n) is 16.6. The summed E-state index contributed by atoms with van der Waals surface area (Å²) in [5.74, 6) is -0.367. The van der Waals surface area contributed by atoms with Crippen LogP contribution in [0.15, 0.2) is 49.2 Å². The SMILES string of the molecule is CC[C@@H](C)c1nc2ccc(Br)cc2c(=O)n1N=Cc1cc(Cl)cc(Br)c1OCC(=O)O. The van der Waals surface area contributed by atoms with Crippen molar-refractivity contribution in [2.24, 2.45) is 5.10 Å². The molecular weight excluding hydrogens is 554 g/mol. The minimum Gasteiger partial charge on any atom is -0.480 e. The van der Waals surface area contributed by atoms with E-state index in [1.54, 1.807) is 24.3 Å². The minimum atomic E-state index is -1.12. The molecule has 31 heavy (non-hydrogen) atoms. The second-order valence-corrected chi connectivity index (χ2v) is 9.00. The number of aromatic nitrogens is 2. The third kappa shape index (κ3) is 5.34. The van der Waals surface area contributed by atoms with E-state index in [1.807, 2.05) is 19.9 Å². The van der Waals surface area contributed by atoms with Crippen LogP contribution in [0.2, 0.25) is 5.02 Å². The lowest BCUT2D eigenvalue weighted by atomic mass is 10.1. The van der Waals surface area contributed by atoms with E-state index in [0.29, 0.717) is 31.8 Å². The Balaban J connectivity index is 2.18. The van der Waals surface area contributed by atoms with Crippen LogP contribution in [0.25, 0.3) is 10.9 Å². The average molecular weight is 572 g/mol. The summed E-state index contributed by atoms with van der Waals surface area (Å²) in [6.45, 7) is 3.43. The van der Waals surface area contributed by atoms with E-state index in [4.69, 9.17) is 21.4 Å². The molecule has 0 aliphatic carbocycles. The molecule has 0 bridgehead atoms. The Morgan fingerprint density at radius 3 is 2.77 bits per heavy atom. The highest BCUT2D eigenvalue weighted by Gasteiger charge is 2.16. The van der Waals surface area contributed by atoms with E-state index >= 15 is 0 Å². The summed E-state index contributed by atoms with van der Waals surface area (Å²) < 4.78 is 7.87. The molecule has 0 unspecified atom stereocenters. The van der Waals surface area contributed by atoms with Gasteiger partial charge in [0.25, 0.3) is 5.56 Å². The maximum atomic E-state index is 13.2. The lowest BCUT2D eigenvalue weighted by Gasteiger charge is -2.14. The van der Waals surface area contributed by atoms with Gasteiger partial charge in [-0.2, -0.15) is 9.78 Å². The Bertz CT molecular complexity index is 1240. The van der Waals surface area contributed by atoms with Crippen LogP contribution in [-0.2, 0) is 4.79 Å². The van der Waals surface area contributed by atoms with Crippen molar-refractivity contribution < 1.29 is 14.6 Å². The topological polar surface area (TPSA) is 93.8 Å². The van der Waals surface area contributed by atoms with Gasteiger partial charge in [-0.3, -0.25) is 4.79 Å². The number of hydrogen-bond donors (Lipinski definition) is 1. The second kappa shape index (κ2) is 9.93. The smallest absolute Gasteiger partial charge is 0.341 e. The first-order valence-corrected chi connectivity index (χ1v) is 11.3. The number of hydrogen-bond acceptors (Lipinski definition) is 5. The van der Waals surface area contributed by atoms with Gasteiger partial charge in [-0.1, -0.05) is 41.4 Å². The highest BCUT2D eigenvalue weighted by molar-refractivity contribution is 9.10. The van der Waals surface area contributed by atoms with Gasteiger partial charge in [0.1, 0.15) is 11.6 Å². The Morgan fingerprint density at radius 1 is 1.35 bits per heavy atom. The number of nitrogens with zero attached hydrogens (tertiary/aromatic N) is 3. The van der Waals surface area contributed by atoms with E-state index in [2.05, 4.69) is 41.9 Å². The molecule has 3 rings (SSSR count). The van der Waals surface area contributed by atoms with Crippen LogP contribution in [0, 0.1) is 0 Å². The van der Waals surface area contributed by atoms with Gasteiger partial charge < -0.3 is 9.84 Å². The number of ether oxygens (including phenoxy) is 1. The van der Waals surface area contributed by atoms with E-state index in [9.17, 15) is 9.59 Å². The standard InChI is InChI=1S/C21H18Br2ClN3O4/c1-3-11(2)20-26-17-5-4-13(22)7-15(17)21(30)27(20)25-9-12-6-14(24)8-16(23)19(12)31-10-18(28)29/h4-9,11H,3,10H2,1-2H3,(H,28,29)/t11-/m1/s1. The number of aliphatic carboxylic acids is 1. The van der Waals surface area contributed by atoms with E-state index < -0.39 is 12.6 Å². The number of fused-ring (bicyclic) bond motifs is 1.